The molecule has 1 aliphatic rings. The molecule has 1 aliphatic heterocycles. The van der Waals surface area contributed by atoms with Crippen LogP contribution in [0.15, 0.2) is 0 Å². The Morgan fingerprint density at radius 1 is 1.12 bits per heavy atom. The van der Waals surface area contributed by atoms with Crippen LogP contribution in [0.5, 0.6) is 0 Å². The van der Waals surface area contributed by atoms with Crippen LogP contribution in [0.25, 0.3) is 0 Å². The van der Waals surface area contributed by atoms with Gasteiger partial charge in [-0.2, -0.15) is 0 Å². The minimum absolute atomic E-state index is 0.0179. The highest BCUT2D eigenvalue weighted by molar-refractivity contribution is 5.82. The van der Waals surface area contributed by atoms with E-state index in [4.69, 9.17) is 4.74 Å². The fourth-order valence-electron chi connectivity index (χ4n) is 2.54. The van der Waals surface area contributed by atoms with Crippen molar-refractivity contribution < 1.29 is 14.3 Å². The SMILES string of the molecule is CCN1CCN(CCCNC(=O)CN(C)C(=O)OC(C)(C)C)CC1. The monoisotopic (exact) mass is 342 g/mol. The second-order valence-electron chi connectivity index (χ2n) is 7.32. The molecule has 140 valence electrons. The van der Waals surface area contributed by atoms with E-state index in [1.54, 1.807) is 27.8 Å². The molecule has 0 bridgehead atoms. The van der Waals surface area contributed by atoms with E-state index in [1.807, 2.05) is 0 Å². The van der Waals surface area contributed by atoms with Gasteiger partial charge in [-0.15, -0.1) is 0 Å². The predicted molar refractivity (Wildman–Crippen MR) is 95.0 cm³/mol. The Bertz CT molecular complexity index is 401. The fraction of sp³-hybridized carbons (Fsp3) is 0.882. The molecule has 1 heterocycles. The maximum Gasteiger partial charge on any atom is 0.410 e. The van der Waals surface area contributed by atoms with Crippen molar-refractivity contribution in [3.05, 3.63) is 0 Å². The minimum atomic E-state index is -0.552. The predicted octanol–water partition coefficient (Wildman–Crippen LogP) is 0.997. The Morgan fingerprint density at radius 3 is 2.25 bits per heavy atom. The normalized spacial score (nSPS) is 16.7. The van der Waals surface area contributed by atoms with Crippen molar-refractivity contribution in [1.82, 2.24) is 20.0 Å². The van der Waals surface area contributed by atoms with E-state index in [1.165, 1.54) is 4.90 Å². The third kappa shape index (κ3) is 8.49. The van der Waals surface area contributed by atoms with E-state index in [9.17, 15) is 9.59 Å². The van der Waals surface area contributed by atoms with Gasteiger partial charge in [0.15, 0.2) is 0 Å². The van der Waals surface area contributed by atoms with Gasteiger partial charge in [-0.05, 0) is 40.3 Å². The van der Waals surface area contributed by atoms with E-state index in [0.29, 0.717) is 6.54 Å². The summed E-state index contributed by atoms with van der Waals surface area (Å²) in [5.41, 5.74) is -0.552. The van der Waals surface area contributed by atoms with Crippen molar-refractivity contribution in [2.45, 2.75) is 39.7 Å². The highest BCUT2D eigenvalue weighted by Gasteiger charge is 2.21. The quantitative estimate of drug-likeness (QED) is 0.699. The van der Waals surface area contributed by atoms with Gasteiger partial charge in [-0.25, -0.2) is 4.79 Å². The zero-order valence-corrected chi connectivity index (χ0v) is 15.9. The molecule has 0 aliphatic carbocycles. The average molecular weight is 342 g/mol. The van der Waals surface area contributed by atoms with E-state index in [-0.39, 0.29) is 12.5 Å². The van der Waals surface area contributed by atoms with Crippen LogP contribution in [0.4, 0.5) is 4.79 Å². The standard InChI is InChI=1S/C17H34N4O3/c1-6-20-10-12-21(13-11-20)9-7-8-18-15(22)14-19(5)16(23)24-17(2,3)4/h6-14H2,1-5H3,(H,18,22). The first kappa shape index (κ1) is 20.7. The summed E-state index contributed by atoms with van der Waals surface area (Å²) < 4.78 is 5.22. The van der Waals surface area contributed by atoms with Gasteiger partial charge in [-0.1, -0.05) is 6.92 Å². The van der Waals surface area contributed by atoms with Crippen LogP contribution in [0.3, 0.4) is 0 Å². The fourth-order valence-corrected chi connectivity index (χ4v) is 2.54. The van der Waals surface area contributed by atoms with E-state index in [0.717, 1.165) is 45.7 Å². The molecule has 0 atom stereocenters. The van der Waals surface area contributed by atoms with Crippen molar-refractivity contribution in [3.8, 4) is 0 Å². The summed E-state index contributed by atoms with van der Waals surface area (Å²) in [5, 5.41) is 2.87. The van der Waals surface area contributed by atoms with Crippen LogP contribution in [0, 0.1) is 0 Å². The molecule has 1 fully saturated rings. The number of hydrogen-bond acceptors (Lipinski definition) is 5. The Morgan fingerprint density at radius 2 is 1.71 bits per heavy atom. The number of rotatable bonds is 7. The Hall–Kier alpha value is -1.34. The zero-order chi connectivity index (χ0) is 18.2. The Balaban J connectivity index is 2.12. The molecule has 1 saturated heterocycles. The lowest BCUT2D eigenvalue weighted by Crippen LogP contribution is -2.46. The summed E-state index contributed by atoms with van der Waals surface area (Å²) in [6, 6.07) is 0. The highest BCUT2D eigenvalue weighted by Crippen LogP contribution is 2.08. The lowest BCUT2D eigenvalue weighted by Gasteiger charge is -2.34. The molecule has 0 unspecified atom stereocenters. The van der Waals surface area contributed by atoms with Crippen LogP contribution in [0.2, 0.25) is 0 Å². The lowest BCUT2D eigenvalue weighted by molar-refractivity contribution is -0.122. The van der Waals surface area contributed by atoms with Crippen molar-refractivity contribution >= 4 is 12.0 Å². The van der Waals surface area contributed by atoms with Gasteiger partial charge in [0.25, 0.3) is 0 Å². The first-order valence-electron chi connectivity index (χ1n) is 8.87. The number of carbonyl (C=O) groups is 2. The van der Waals surface area contributed by atoms with Crippen LogP contribution < -0.4 is 5.32 Å². The van der Waals surface area contributed by atoms with Gasteiger partial charge in [0, 0.05) is 39.8 Å². The summed E-state index contributed by atoms with van der Waals surface area (Å²) in [7, 11) is 1.57. The van der Waals surface area contributed by atoms with Crippen molar-refractivity contribution in [1.29, 1.82) is 0 Å². The number of piperazine rings is 1. The third-order valence-corrected chi connectivity index (χ3v) is 3.97. The molecule has 0 radical (unpaired) electrons. The first-order chi connectivity index (χ1) is 11.2. The van der Waals surface area contributed by atoms with E-state index in [2.05, 4.69) is 22.0 Å². The Labute approximate surface area is 146 Å². The number of nitrogens with zero attached hydrogens (tertiary/aromatic N) is 3. The summed E-state index contributed by atoms with van der Waals surface area (Å²) in [6.45, 7) is 14.8. The molecular formula is C17H34N4O3. The summed E-state index contributed by atoms with van der Waals surface area (Å²) in [6.07, 6.45) is 0.444. The van der Waals surface area contributed by atoms with Gasteiger partial charge in [-0.3, -0.25) is 4.79 Å². The van der Waals surface area contributed by atoms with Gasteiger partial charge < -0.3 is 24.8 Å². The number of nitrogens with one attached hydrogen (secondary N) is 1. The van der Waals surface area contributed by atoms with Gasteiger partial charge in [0.05, 0.1) is 0 Å². The zero-order valence-electron chi connectivity index (χ0n) is 15.9. The highest BCUT2D eigenvalue weighted by atomic mass is 16.6. The molecule has 24 heavy (non-hydrogen) atoms. The molecule has 7 heteroatoms. The molecule has 0 saturated carbocycles. The second kappa shape index (κ2) is 9.84. The summed E-state index contributed by atoms with van der Waals surface area (Å²) in [5.74, 6) is -0.154. The van der Waals surface area contributed by atoms with Gasteiger partial charge in [0.2, 0.25) is 5.91 Å². The molecule has 0 aromatic carbocycles. The minimum Gasteiger partial charge on any atom is -0.444 e. The Kier molecular flexibility index (Phi) is 8.48. The van der Waals surface area contributed by atoms with E-state index < -0.39 is 11.7 Å². The van der Waals surface area contributed by atoms with Gasteiger partial charge >= 0.3 is 6.09 Å². The molecule has 7 nitrogen and oxygen atoms in total. The molecule has 2 amide bonds. The van der Waals surface area contributed by atoms with Crippen molar-refractivity contribution in [2.24, 2.45) is 0 Å². The van der Waals surface area contributed by atoms with E-state index >= 15 is 0 Å². The smallest absolute Gasteiger partial charge is 0.410 e. The van der Waals surface area contributed by atoms with Crippen molar-refractivity contribution in [2.75, 3.05) is 59.4 Å². The second-order valence-corrected chi connectivity index (χ2v) is 7.32. The largest absolute Gasteiger partial charge is 0.444 e. The number of hydrogen-bond donors (Lipinski definition) is 1. The van der Waals surface area contributed by atoms with Crippen LogP contribution in [-0.2, 0) is 9.53 Å². The number of amides is 2. The molecule has 0 aromatic heterocycles. The van der Waals surface area contributed by atoms with Crippen LogP contribution in [-0.4, -0.2) is 91.7 Å². The molecule has 1 N–H and O–H groups in total. The molecule has 0 spiro atoms. The molecule has 1 rings (SSSR count). The topological polar surface area (TPSA) is 65.1 Å². The lowest BCUT2D eigenvalue weighted by atomic mass is 10.2. The average Bonchev–Trinajstić information content (AvgIpc) is 2.50. The van der Waals surface area contributed by atoms with Crippen LogP contribution >= 0.6 is 0 Å². The van der Waals surface area contributed by atoms with Gasteiger partial charge in [0.1, 0.15) is 12.1 Å². The third-order valence-electron chi connectivity index (χ3n) is 3.97. The molecular weight excluding hydrogens is 308 g/mol. The number of ether oxygens (including phenoxy) is 1. The van der Waals surface area contributed by atoms with Crippen LogP contribution in [0.1, 0.15) is 34.1 Å². The number of likely N-dealkylation sites (N-methyl/N-ethyl adjacent to an activating group) is 2. The summed E-state index contributed by atoms with van der Waals surface area (Å²) in [4.78, 5) is 29.9. The maximum atomic E-state index is 11.9. The first-order valence-corrected chi connectivity index (χ1v) is 8.87. The molecule has 0 aromatic rings. The summed E-state index contributed by atoms with van der Waals surface area (Å²) >= 11 is 0. The van der Waals surface area contributed by atoms with Crippen molar-refractivity contribution in [3.63, 3.8) is 0 Å². The maximum absolute atomic E-state index is 11.9. The number of carbonyl (C=O) groups excluding carboxylic acids is 2.